The second-order valence-electron chi connectivity index (χ2n) is 14.6. The number of hydrogen-bond donors (Lipinski definition) is 3. The van der Waals surface area contributed by atoms with Crippen LogP contribution in [0.4, 0.5) is 36.6 Å². The summed E-state index contributed by atoms with van der Waals surface area (Å²) in [4.78, 5) is 18.4. The Kier molecular flexibility index (Phi) is 8.76. The third kappa shape index (κ3) is 6.86. The zero-order chi connectivity index (χ0) is 41.1. The Morgan fingerprint density at radius 1 is 1.11 bits per heavy atom. The fraction of sp³-hybridized carbons (Fsp3) is 0.351. The van der Waals surface area contributed by atoms with Crippen LogP contribution >= 0.6 is 11.6 Å². The van der Waals surface area contributed by atoms with Gasteiger partial charge >= 0.3 is 6.18 Å². The molecule has 2 fully saturated rings. The molecule has 1 unspecified atom stereocenters. The van der Waals surface area contributed by atoms with Gasteiger partial charge in [0.05, 0.1) is 27.9 Å². The minimum absolute atomic E-state index is 0.0389. The first-order valence-electron chi connectivity index (χ1n) is 17.3. The number of aliphatic hydroxyl groups is 1. The summed E-state index contributed by atoms with van der Waals surface area (Å²) in [6.07, 6.45) is -4.48. The topological polar surface area (TPSA) is 158 Å². The highest BCUT2D eigenvalue weighted by Crippen LogP contribution is 2.69. The van der Waals surface area contributed by atoms with Crippen molar-refractivity contribution in [2.75, 3.05) is 11.0 Å². The number of rotatable bonds is 9. The number of carbonyl (C=O) groups is 1. The zero-order valence-electron chi connectivity index (χ0n) is 29.6. The number of hydrogen-bond acceptors (Lipinski definition) is 7. The number of nitrogens with one attached hydrogen (secondary N) is 1. The van der Waals surface area contributed by atoms with Crippen LogP contribution in [0.15, 0.2) is 42.5 Å². The number of amides is 1. The highest BCUT2D eigenvalue weighted by molar-refractivity contribution is 7.92. The van der Waals surface area contributed by atoms with Gasteiger partial charge in [-0.15, -0.1) is 0 Å². The molecule has 4 N–H and O–H groups in total. The molecule has 57 heavy (non-hydrogen) atoms. The first-order valence-corrected chi connectivity index (χ1v) is 19.6. The molecule has 0 bridgehead atoms. The average molecular weight is 836 g/mol. The number of anilines is 1. The van der Waals surface area contributed by atoms with Crippen molar-refractivity contribution in [3.05, 3.63) is 93.0 Å². The maximum absolute atomic E-state index is 16.1. The van der Waals surface area contributed by atoms with Crippen molar-refractivity contribution < 1.29 is 49.1 Å². The molecule has 0 radical (unpaired) electrons. The van der Waals surface area contributed by atoms with Gasteiger partial charge in [0.2, 0.25) is 15.9 Å². The second-order valence-corrected chi connectivity index (χ2v) is 16.8. The number of pyridine rings is 1. The van der Waals surface area contributed by atoms with Crippen molar-refractivity contribution >= 4 is 44.3 Å². The predicted octanol–water partition coefficient (Wildman–Crippen LogP) is 6.29. The number of fused-ring (bicyclic) bond motifs is 4. The molecule has 3 aromatic heterocycles. The molecule has 5 aromatic rings. The minimum atomic E-state index is -5.22. The van der Waals surface area contributed by atoms with E-state index in [2.05, 4.69) is 31.7 Å². The number of nitrogens with two attached hydrogens (primary N) is 1. The first kappa shape index (κ1) is 38.7. The number of aryl methyl sites for hydroxylation is 1. The van der Waals surface area contributed by atoms with Gasteiger partial charge in [0.1, 0.15) is 34.7 Å². The quantitative estimate of drug-likeness (QED) is 0.116. The second kappa shape index (κ2) is 12.9. The molecule has 0 aliphatic heterocycles. The third-order valence-electron chi connectivity index (χ3n) is 10.4. The van der Waals surface area contributed by atoms with E-state index >= 15 is 8.78 Å². The van der Waals surface area contributed by atoms with E-state index in [9.17, 15) is 40.3 Å². The highest BCUT2D eigenvalue weighted by Gasteiger charge is 2.69. The predicted molar refractivity (Wildman–Crippen MR) is 191 cm³/mol. The summed E-state index contributed by atoms with van der Waals surface area (Å²) >= 11 is 6.57. The molecule has 3 aliphatic rings. The highest BCUT2D eigenvalue weighted by atomic mass is 35.5. The summed E-state index contributed by atoms with van der Waals surface area (Å²) in [6.45, 7) is 0. The maximum atomic E-state index is 16.1. The Labute approximate surface area is 324 Å². The molecule has 3 aliphatic carbocycles. The summed E-state index contributed by atoms with van der Waals surface area (Å²) in [5.74, 6) is -6.54. The number of aromatic nitrogens is 5. The fourth-order valence-corrected chi connectivity index (χ4v) is 8.52. The van der Waals surface area contributed by atoms with Crippen LogP contribution in [0.3, 0.4) is 0 Å². The number of carbonyl (C=O) groups excluding carboxylic acids is 1. The van der Waals surface area contributed by atoms with Crippen molar-refractivity contribution in [2.24, 2.45) is 18.7 Å². The SMILES string of the molecule is Cn1nc(NS(C)(=O)=O)c2c(Cl)ccc(-c3ccc(C#CC4(O)CC4)nc3[C@@H](Cc3cc(F)cc(F)c3)C(C(N)=O)n3nc(C(F)(F)F)c4c3C(F)(F)[C@@H]3C[C@H]43)c21. The van der Waals surface area contributed by atoms with Crippen LogP contribution in [0.1, 0.15) is 71.0 Å². The fourth-order valence-electron chi connectivity index (χ4n) is 7.78. The standard InChI is InChI=1S/C37H29ClF7N7O4S/c1-51-29-21(5-6-25(38)27(29)34(49-51)50-57(2,55)56)20-4-3-19(7-8-35(54)9-10-35)47-28(20)23(13-16-11-17(39)14-18(40)12-16)30(33(46)53)52-32-26(31(48-52)37(43,44)45)22-15-24(22)36(32,41)42/h3-6,11-12,14,22-24,30,54H,9-10,13,15H2,1-2H3,(H2,46,53)(H,49,50)/t22-,23+,24+,30?/m0/s1. The summed E-state index contributed by atoms with van der Waals surface area (Å²) < 4.78 is 134. The Morgan fingerprint density at radius 2 is 1.77 bits per heavy atom. The van der Waals surface area contributed by atoms with E-state index in [4.69, 9.17) is 17.3 Å². The maximum Gasteiger partial charge on any atom is 0.435 e. The van der Waals surface area contributed by atoms with E-state index in [0.29, 0.717) is 18.9 Å². The van der Waals surface area contributed by atoms with Crippen molar-refractivity contribution in [1.82, 2.24) is 24.5 Å². The molecule has 2 aromatic carbocycles. The summed E-state index contributed by atoms with van der Waals surface area (Å²) in [7, 11) is -2.45. The van der Waals surface area contributed by atoms with Gasteiger partial charge in [0.15, 0.2) is 11.5 Å². The lowest BCUT2D eigenvalue weighted by Crippen LogP contribution is -2.37. The summed E-state index contributed by atoms with van der Waals surface area (Å²) in [5, 5.41) is 18.5. The molecule has 4 atom stereocenters. The number of halogens is 8. The van der Waals surface area contributed by atoms with Crippen molar-refractivity contribution in [2.45, 2.75) is 61.3 Å². The number of alkyl halides is 5. The monoisotopic (exact) mass is 835 g/mol. The molecule has 3 heterocycles. The van der Waals surface area contributed by atoms with Gasteiger partial charge in [-0.05, 0) is 73.4 Å². The zero-order valence-corrected chi connectivity index (χ0v) is 31.2. The lowest BCUT2D eigenvalue weighted by Gasteiger charge is -2.29. The molecule has 0 saturated heterocycles. The van der Waals surface area contributed by atoms with Crippen molar-refractivity contribution in [1.29, 1.82) is 0 Å². The molecule has 20 heteroatoms. The van der Waals surface area contributed by atoms with Gasteiger partial charge in [-0.25, -0.2) is 26.9 Å². The molecule has 8 rings (SSSR count). The van der Waals surface area contributed by atoms with Crippen LogP contribution < -0.4 is 10.5 Å². The number of primary amides is 1. The molecule has 11 nitrogen and oxygen atoms in total. The normalized spacial score (nSPS) is 20.0. The van der Waals surface area contributed by atoms with E-state index in [1.807, 2.05) is 0 Å². The van der Waals surface area contributed by atoms with Gasteiger partial charge in [-0.3, -0.25) is 14.2 Å². The van der Waals surface area contributed by atoms with Crippen molar-refractivity contribution in [3.8, 4) is 23.0 Å². The molecule has 0 spiro atoms. The molecular formula is C37H29ClF7N7O4S. The van der Waals surface area contributed by atoms with E-state index < -0.39 is 92.4 Å². The first-order chi connectivity index (χ1) is 26.6. The Bertz CT molecular complexity index is 2700. The Balaban J connectivity index is 1.43. The van der Waals surface area contributed by atoms with Crippen LogP contribution in [-0.4, -0.2) is 55.8 Å². The summed E-state index contributed by atoms with van der Waals surface area (Å²) in [5.41, 5.74) is 1.14. The molecule has 298 valence electrons. The van der Waals surface area contributed by atoms with E-state index in [1.54, 1.807) is 0 Å². The third-order valence-corrected chi connectivity index (χ3v) is 11.3. The Morgan fingerprint density at radius 3 is 2.39 bits per heavy atom. The van der Waals surface area contributed by atoms with E-state index in [0.717, 1.165) is 18.4 Å². The lowest BCUT2D eigenvalue weighted by atomic mass is 9.84. The van der Waals surface area contributed by atoms with Crippen LogP contribution in [-0.2, 0) is 40.4 Å². The van der Waals surface area contributed by atoms with Crippen LogP contribution in [0.5, 0.6) is 0 Å². The average Bonchev–Trinajstić information content (AvgIpc) is 3.96. The van der Waals surface area contributed by atoms with Crippen LogP contribution in [0.2, 0.25) is 5.02 Å². The molecule has 2 saturated carbocycles. The molecule has 1 amide bonds. The van der Waals surface area contributed by atoms with Gasteiger partial charge < -0.3 is 10.8 Å². The Hall–Kier alpha value is -5.19. The lowest BCUT2D eigenvalue weighted by molar-refractivity contribution is -0.142. The van der Waals surface area contributed by atoms with Gasteiger partial charge in [-0.1, -0.05) is 23.6 Å². The van der Waals surface area contributed by atoms with Crippen LogP contribution in [0, 0.1) is 29.4 Å². The summed E-state index contributed by atoms with van der Waals surface area (Å²) in [6, 6.07) is 5.87. The van der Waals surface area contributed by atoms with E-state index in [1.165, 1.54) is 36.0 Å². The van der Waals surface area contributed by atoms with Gasteiger partial charge in [-0.2, -0.15) is 32.1 Å². The van der Waals surface area contributed by atoms with E-state index in [-0.39, 0.29) is 60.9 Å². The smallest absolute Gasteiger partial charge is 0.378 e. The van der Waals surface area contributed by atoms with Gasteiger partial charge in [0.25, 0.3) is 5.92 Å². The molecular weight excluding hydrogens is 807 g/mol. The number of nitrogens with zero attached hydrogens (tertiary/aromatic N) is 5. The number of benzene rings is 2. The number of sulfonamides is 1. The minimum Gasteiger partial charge on any atom is -0.378 e. The largest absolute Gasteiger partial charge is 0.435 e. The van der Waals surface area contributed by atoms with Gasteiger partial charge in [0, 0.05) is 41.6 Å². The van der Waals surface area contributed by atoms with Crippen LogP contribution in [0.25, 0.3) is 22.0 Å². The van der Waals surface area contributed by atoms with Crippen molar-refractivity contribution in [3.63, 3.8) is 0 Å².